The molecule has 0 fully saturated rings. The van der Waals surface area contributed by atoms with Gasteiger partial charge in [-0.25, -0.2) is 0 Å². The van der Waals surface area contributed by atoms with Gasteiger partial charge in [0, 0.05) is 5.02 Å². The van der Waals surface area contributed by atoms with E-state index in [-0.39, 0.29) is 6.03 Å². The van der Waals surface area contributed by atoms with Crippen molar-refractivity contribution in [2.75, 3.05) is 11.9 Å². The molecular formula is C20H18ClN2O+. The summed E-state index contributed by atoms with van der Waals surface area (Å²) in [5.74, 6) is 0. The molecular weight excluding hydrogens is 320 g/mol. The molecule has 4 heteroatoms. The number of rotatable bonds is 3. The van der Waals surface area contributed by atoms with Gasteiger partial charge in [-0.3, -0.25) is 0 Å². The van der Waals surface area contributed by atoms with Crippen LogP contribution in [-0.4, -0.2) is 13.1 Å². The van der Waals surface area contributed by atoms with E-state index in [2.05, 4.69) is 12.1 Å². The highest BCUT2D eigenvalue weighted by atomic mass is 35.5. The monoisotopic (exact) mass is 337 g/mol. The summed E-state index contributed by atoms with van der Waals surface area (Å²) in [7, 11) is 1.75. The maximum absolute atomic E-state index is 12.6. The number of hydrogen-bond acceptors (Lipinski definition) is 1. The van der Waals surface area contributed by atoms with E-state index in [9.17, 15) is 4.79 Å². The maximum Gasteiger partial charge on any atom is 0.502 e. The van der Waals surface area contributed by atoms with E-state index in [1.54, 1.807) is 41.0 Å². The fraction of sp³-hybridized carbons (Fsp3) is 0.100. The molecule has 0 unspecified atom stereocenters. The van der Waals surface area contributed by atoms with E-state index in [0.29, 0.717) is 5.02 Å². The number of pyridine rings is 1. The van der Waals surface area contributed by atoms with Crippen LogP contribution in [0.5, 0.6) is 0 Å². The van der Waals surface area contributed by atoms with Gasteiger partial charge in [0.2, 0.25) is 0 Å². The lowest BCUT2D eigenvalue weighted by Crippen LogP contribution is -2.50. The second-order valence-corrected chi connectivity index (χ2v) is 6.03. The molecule has 3 nitrogen and oxygen atoms in total. The quantitative estimate of drug-likeness (QED) is 0.653. The Kier molecular flexibility index (Phi) is 4.92. The topological polar surface area (TPSA) is 24.2 Å². The van der Waals surface area contributed by atoms with Gasteiger partial charge in [0.25, 0.3) is 0 Å². The van der Waals surface area contributed by atoms with E-state index in [0.717, 1.165) is 12.1 Å². The van der Waals surface area contributed by atoms with E-state index in [1.807, 2.05) is 42.5 Å². The largest absolute Gasteiger partial charge is 0.502 e. The van der Waals surface area contributed by atoms with E-state index >= 15 is 0 Å². The van der Waals surface area contributed by atoms with Crippen LogP contribution >= 0.6 is 11.6 Å². The van der Waals surface area contributed by atoms with Crippen molar-refractivity contribution in [3.8, 4) is 0 Å². The van der Waals surface area contributed by atoms with Gasteiger partial charge < -0.3 is 0 Å². The van der Waals surface area contributed by atoms with Crippen LogP contribution < -0.4 is 9.47 Å². The maximum atomic E-state index is 12.6. The van der Waals surface area contributed by atoms with Gasteiger partial charge in [-0.05, 0) is 53.9 Å². The Morgan fingerprint density at radius 2 is 1.50 bits per heavy atom. The summed E-state index contributed by atoms with van der Waals surface area (Å²) in [6.07, 6.45) is 4.45. The van der Waals surface area contributed by atoms with Gasteiger partial charge in [-0.1, -0.05) is 41.9 Å². The number of nitrogens with zero attached hydrogens (tertiary/aromatic N) is 2. The third-order valence-electron chi connectivity index (χ3n) is 3.87. The summed E-state index contributed by atoms with van der Waals surface area (Å²) in [4.78, 5) is 14.1. The predicted octanol–water partition coefficient (Wildman–Crippen LogP) is 4.32. The van der Waals surface area contributed by atoms with Crippen LogP contribution in [-0.2, 0) is 6.42 Å². The lowest BCUT2D eigenvalue weighted by molar-refractivity contribution is -0.569. The zero-order chi connectivity index (χ0) is 16.9. The smallest absolute Gasteiger partial charge is 0.196 e. The molecule has 0 aliphatic rings. The Bertz CT molecular complexity index is 815. The van der Waals surface area contributed by atoms with Crippen LogP contribution in [0.2, 0.25) is 5.02 Å². The van der Waals surface area contributed by atoms with Gasteiger partial charge in [0.15, 0.2) is 0 Å². The number of halogens is 1. The fourth-order valence-electron chi connectivity index (χ4n) is 2.48. The van der Waals surface area contributed by atoms with Crippen molar-refractivity contribution < 1.29 is 9.36 Å². The minimum Gasteiger partial charge on any atom is -0.196 e. The molecule has 2 aromatic carbocycles. The van der Waals surface area contributed by atoms with Gasteiger partial charge in [0.1, 0.15) is 5.69 Å². The van der Waals surface area contributed by atoms with Crippen molar-refractivity contribution in [1.29, 1.82) is 0 Å². The first-order valence-corrected chi connectivity index (χ1v) is 8.09. The molecule has 1 heterocycles. The Morgan fingerprint density at radius 3 is 2.12 bits per heavy atom. The number of aromatic nitrogens is 1. The molecule has 0 spiro atoms. The molecule has 0 N–H and O–H groups in total. The number of hydrogen-bond donors (Lipinski definition) is 0. The first-order chi connectivity index (χ1) is 11.6. The standard InChI is InChI=1S/C20H18ClN2O/c1-22(19-9-7-18(21)8-10-19)20(24)23-13-11-17(12-14-23)15-16-5-3-2-4-6-16/h2-14H,15H2,1H3/q+1. The highest BCUT2D eigenvalue weighted by Crippen LogP contribution is 2.16. The lowest BCUT2D eigenvalue weighted by Gasteiger charge is -2.10. The minimum absolute atomic E-state index is 0.122. The first kappa shape index (κ1) is 16.2. The van der Waals surface area contributed by atoms with Crippen LogP contribution in [0.25, 0.3) is 0 Å². The summed E-state index contributed by atoms with van der Waals surface area (Å²) < 4.78 is 1.57. The van der Waals surface area contributed by atoms with Crippen LogP contribution in [0.3, 0.4) is 0 Å². The van der Waals surface area contributed by atoms with Crippen molar-refractivity contribution >= 4 is 23.3 Å². The highest BCUT2D eigenvalue weighted by Gasteiger charge is 2.22. The summed E-state index contributed by atoms with van der Waals surface area (Å²) in [6.45, 7) is 0. The molecule has 0 aliphatic heterocycles. The van der Waals surface area contributed by atoms with Crippen LogP contribution in [0.15, 0.2) is 79.1 Å². The van der Waals surface area contributed by atoms with Crippen LogP contribution in [0.1, 0.15) is 11.1 Å². The molecule has 0 atom stereocenters. The molecule has 0 radical (unpaired) electrons. The average Bonchev–Trinajstić information content (AvgIpc) is 2.63. The second kappa shape index (κ2) is 7.28. The molecule has 120 valence electrons. The summed E-state index contributed by atoms with van der Waals surface area (Å²) in [5, 5.41) is 0.650. The molecule has 0 saturated heterocycles. The summed E-state index contributed by atoms with van der Waals surface area (Å²) >= 11 is 5.89. The molecule has 3 rings (SSSR count). The lowest BCUT2D eigenvalue weighted by atomic mass is 10.1. The molecule has 0 bridgehead atoms. The number of carbonyl (C=O) groups is 1. The fourth-order valence-corrected chi connectivity index (χ4v) is 2.61. The Labute approximate surface area is 146 Å². The average molecular weight is 338 g/mol. The van der Waals surface area contributed by atoms with Crippen molar-refractivity contribution in [3.05, 3.63) is 95.3 Å². The second-order valence-electron chi connectivity index (χ2n) is 5.59. The van der Waals surface area contributed by atoms with Gasteiger partial charge in [-0.2, -0.15) is 14.3 Å². The van der Waals surface area contributed by atoms with Crippen molar-refractivity contribution in [2.45, 2.75) is 6.42 Å². The highest BCUT2D eigenvalue weighted by molar-refractivity contribution is 6.30. The van der Waals surface area contributed by atoms with Gasteiger partial charge in [-0.15, -0.1) is 0 Å². The van der Waals surface area contributed by atoms with Crippen molar-refractivity contribution in [2.24, 2.45) is 0 Å². The normalized spacial score (nSPS) is 10.4. The van der Waals surface area contributed by atoms with Crippen LogP contribution in [0.4, 0.5) is 10.5 Å². The Hall–Kier alpha value is -2.65. The summed E-state index contributed by atoms with van der Waals surface area (Å²) in [5.41, 5.74) is 3.21. The minimum atomic E-state index is -0.122. The van der Waals surface area contributed by atoms with Crippen LogP contribution in [0, 0.1) is 0 Å². The molecule has 1 amide bonds. The molecule has 0 aliphatic carbocycles. The van der Waals surface area contributed by atoms with Gasteiger partial charge >= 0.3 is 6.03 Å². The molecule has 0 saturated carbocycles. The van der Waals surface area contributed by atoms with Gasteiger partial charge in [0.05, 0.1) is 19.4 Å². The van der Waals surface area contributed by atoms with Crippen molar-refractivity contribution in [3.63, 3.8) is 0 Å². The third-order valence-corrected chi connectivity index (χ3v) is 4.12. The van der Waals surface area contributed by atoms with E-state index in [1.165, 1.54) is 11.1 Å². The zero-order valence-corrected chi connectivity index (χ0v) is 14.1. The zero-order valence-electron chi connectivity index (χ0n) is 13.4. The SMILES string of the molecule is CN(C(=O)[n+]1ccc(Cc2ccccc2)cc1)c1ccc(Cl)cc1. The molecule has 24 heavy (non-hydrogen) atoms. The first-order valence-electron chi connectivity index (χ1n) is 7.71. The van der Waals surface area contributed by atoms with E-state index < -0.39 is 0 Å². The van der Waals surface area contributed by atoms with E-state index in [4.69, 9.17) is 11.6 Å². The van der Waals surface area contributed by atoms with Crippen molar-refractivity contribution in [1.82, 2.24) is 0 Å². The Morgan fingerprint density at radius 1 is 0.917 bits per heavy atom. The summed E-state index contributed by atoms with van der Waals surface area (Å²) in [6, 6.07) is 21.3. The number of carbonyl (C=O) groups excluding carboxylic acids is 1. The number of amides is 1. The molecule has 1 aromatic heterocycles. The molecule has 3 aromatic rings. The number of anilines is 1. The number of benzene rings is 2. The predicted molar refractivity (Wildman–Crippen MR) is 96.5 cm³/mol. The third kappa shape index (κ3) is 3.81. The Balaban J connectivity index is 1.72.